The molecule has 44 heavy (non-hydrogen) atoms. The average molecular weight is 604 g/mol. The molecule has 0 unspecified atom stereocenters. The number of carbonyl (C=O) groups excluding carboxylic acids is 1. The molecule has 0 saturated carbocycles. The third-order valence-corrected chi connectivity index (χ3v) is 6.73. The Hall–Kier alpha value is -4.20. The number of benzene rings is 2. The SMILES string of the molecule is COc1ccc(Cc2nccc(-c3ccc(OC4CCOCC4)c(C#N)c3)n2)cc1OCCOCCCC(=O)OC(C)(C)C. The van der Waals surface area contributed by atoms with Gasteiger partial charge in [0, 0.05) is 44.1 Å². The van der Waals surface area contributed by atoms with Crippen molar-refractivity contribution in [1.29, 1.82) is 5.26 Å². The minimum Gasteiger partial charge on any atom is -0.493 e. The maximum atomic E-state index is 11.8. The molecule has 1 fully saturated rings. The third kappa shape index (κ3) is 10.2. The summed E-state index contributed by atoms with van der Waals surface area (Å²) in [7, 11) is 1.59. The molecule has 4 rings (SSSR count). The summed E-state index contributed by atoms with van der Waals surface area (Å²) >= 11 is 0. The van der Waals surface area contributed by atoms with E-state index in [-0.39, 0.29) is 12.1 Å². The van der Waals surface area contributed by atoms with E-state index in [4.69, 9.17) is 33.4 Å². The Kier molecular flexibility index (Phi) is 11.9. The van der Waals surface area contributed by atoms with Crippen LogP contribution < -0.4 is 14.2 Å². The van der Waals surface area contributed by atoms with Gasteiger partial charge in [-0.25, -0.2) is 9.97 Å². The number of aromatic nitrogens is 2. The van der Waals surface area contributed by atoms with Gasteiger partial charge in [-0.05, 0) is 69.2 Å². The molecule has 0 N–H and O–H groups in total. The number of rotatable bonds is 14. The molecule has 0 aliphatic carbocycles. The highest BCUT2D eigenvalue weighted by Crippen LogP contribution is 2.30. The molecule has 0 spiro atoms. The summed E-state index contributed by atoms with van der Waals surface area (Å²) < 4.78 is 33.9. The molecule has 1 aromatic heterocycles. The molecular formula is C34H41N3O7. The molecule has 0 amide bonds. The predicted molar refractivity (Wildman–Crippen MR) is 164 cm³/mol. The molecule has 1 aliphatic heterocycles. The van der Waals surface area contributed by atoms with E-state index in [1.807, 2.05) is 57.2 Å². The third-order valence-electron chi connectivity index (χ3n) is 6.73. The molecular weight excluding hydrogens is 562 g/mol. The summed E-state index contributed by atoms with van der Waals surface area (Å²) in [6.07, 6.45) is 4.76. The van der Waals surface area contributed by atoms with Crippen molar-refractivity contribution in [3.63, 3.8) is 0 Å². The molecule has 2 aromatic carbocycles. The van der Waals surface area contributed by atoms with Gasteiger partial charge in [0.15, 0.2) is 11.5 Å². The fourth-order valence-corrected chi connectivity index (χ4v) is 4.65. The van der Waals surface area contributed by atoms with Gasteiger partial charge in [0.2, 0.25) is 0 Å². The summed E-state index contributed by atoms with van der Waals surface area (Å²) in [5, 5.41) is 9.77. The molecule has 0 atom stereocenters. The van der Waals surface area contributed by atoms with Gasteiger partial charge in [-0.3, -0.25) is 4.79 Å². The minimum absolute atomic E-state index is 0.0501. The average Bonchev–Trinajstić information content (AvgIpc) is 3.00. The quantitative estimate of drug-likeness (QED) is 0.168. The van der Waals surface area contributed by atoms with Crippen LogP contribution in [0.4, 0.5) is 0 Å². The zero-order chi connectivity index (χ0) is 31.4. The number of esters is 1. The molecule has 1 saturated heterocycles. The first-order valence-corrected chi connectivity index (χ1v) is 14.9. The van der Waals surface area contributed by atoms with Gasteiger partial charge in [0.05, 0.1) is 38.2 Å². The van der Waals surface area contributed by atoms with Crippen LogP contribution in [0.15, 0.2) is 48.7 Å². The number of ether oxygens (including phenoxy) is 6. The molecule has 3 aromatic rings. The largest absolute Gasteiger partial charge is 0.493 e. The fraction of sp³-hybridized carbons (Fsp3) is 0.471. The van der Waals surface area contributed by atoms with Crippen LogP contribution in [0.25, 0.3) is 11.3 Å². The lowest BCUT2D eigenvalue weighted by molar-refractivity contribution is -0.155. The van der Waals surface area contributed by atoms with Crippen LogP contribution in [-0.2, 0) is 25.4 Å². The standard InChI is InChI=1S/C34H41N3O7/c1-34(2,3)44-33(38)6-5-15-40-18-19-42-31-20-24(7-9-30(31)39-4)21-32-36-14-11-28(37-32)25-8-10-29(26(22-25)23-35)43-27-12-16-41-17-13-27/h7-11,14,20,22,27H,5-6,12-13,15-19,21H2,1-4H3. The van der Waals surface area contributed by atoms with Crippen LogP contribution in [0, 0.1) is 11.3 Å². The Bertz CT molecular complexity index is 1430. The summed E-state index contributed by atoms with van der Waals surface area (Å²) in [4.78, 5) is 21.0. The number of nitrogens with zero attached hydrogens (tertiary/aromatic N) is 3. The maximum absolute atomic E-state index is 11.8. The van der Waals surface area contributed by atoms with Crippen molar-refractivity contribution in [2.24, 2.45) is 0 Å². The van der Waals surface area contributed by atoms with Gasteiger partial charge in [0.25, 0.3) is 0 Å². The second kappa shape index (κ2) is 16.0. The Morgan fingerprint density at radius 2 is 1.82 bits per heavy atom. The van der Waals surface area contributed by atoms with E-state index in [0.717, 1.165) is 29.7 Å². The second-order valence-corrected chi connectivity index (χ2v) is 11.4. The van der Waals surface area contributed by atoms with Crippen molar-refractivity contribution in [2.75, 3.05) is 40.1 Å². The maximum Gasteiger partial charge on any atom is 0.306 e. The van der Waals surface area contributed by atoms with Crippen molar-refractivity contribution in [3.8, 4) is 34.6 Å². The van der Waals surface area contributed by atoms with Gasteiger partial charge < -0.3 is 28.4 Å². The van der Waals surface area contributed by atoms with Crippen molar-refractivity contribution < 1.29 is 33.2 Å². The van der Waals surface area contributed by atoms with E-state index in [0.29, 0.717) is 80.9 Å². The van der Waals surface area contributed by atoms with E-state index in [9.17, 15) is 10.1 Å². The highest BCUT2D eigenvalue weighted by molar-refractivity contribution is 5.69. The normalized spacial score (nSPS) is 13.6. The Balaban J connectivity index is 1.32. The van der Waals surface area contributed by atoms with Crippen molar-refractivity contribution in [1.82, 2.24) is 9.97 Å². The van der Waals surface area contributed by atoms with E-state index < -0.39 is 5.60 Å². The van der Waals surface area contributed by atoms with Crippen LogP contribution >= 0.6 is 0 Å². The number of methoxy groups -OCH3 is 1. The molecule has 10 nitrogen and oxygen atoms in total. The van der Waals surface area contributed by atoms with Gasteiger partial charge in [-0.1, -0.05) is 6.07 Å². The second-order valence-electron chi connectivity index (χ2n) is 11.4. The number of carbonyl (C=O) groups is 1. The van der Waals surface area contributed by atoms with Crippen LogP contribution in [0.5, 0.6) is 17.2 Å². The number of nitriles is 1. The monoisotopic (exact) mass is 603 g/mol. The van der Waals surface area contributed by atoms with E-state index in [1.54, 1.807) is 19.4 Å². The smallest absolute Gasteiger partial charge is 0.306 e. The van der Waals surface area contributed by atoms with E-state index in [2.05, 4.69) is 11.1 Å². The summed E-state index contributed by atoms with van der Waals surface area (Å²) in [5.74, 6) is 2.19. The van der Waals surface area contributed by atoms with Gasteiger partial charge in [0.1, 0.15) is 36.0 Å². The van der Waals surface area contributed by atoms with Crippen LogP contribution in [0.1, 0.15) is 63.4 Å². The molecule has 10 heteroatoms. The van der Waals surface area contributed by atoms with Crippen molar-refractivity contribution >= 4 is 5.97 Å². The first kappa shape index (κ1) is 32.7. The summed E-state index contributed by atoms with van der Waals surface area (Å²) in [6, 6.07) is 15.4. The summed E-state index contributed by atoms with van der Waals surface area (Å²) in [6.45, 7) is 8.03. The fourth-order valence-electron chi connectivity index (χ4n) is 4.65. The van der Waals surface area contributed by atoms with Crippen LogP contribution in [-0.4, -0.2) is 67.8 Å². The lowest BCUT2D eigenvalue weighted by Crippen LogP contribution is -2.26. The van der Waals surface area contributed by atoms with E-state index in [1.165, 1.54) is 0 Å². The Morgan fingerprint density at radius 3 is 2.57 bits per heavy atom. The molecule has 0 bridgehead atoms. The molecule has 1 aliphatic rings. The van der Waals surface area contributed by atoms with Crippen molar-refractivity contribution in [2.45, 2.75) is 64.6 Å². The lowest BCUT2D eigenvalue weighted by atomic mass is 10.1. The number of hydrogen-bond acceptors (Lipinski definition) is 10. The zero-order valence-corrected chi connectivity index (χ0v) is 26.0. The lowest BCUT2D eigenvalue weighted by Gasteiger charge is -2.23. The highest BCUT2D eigenvalue weighted by Gasteiger charge is 2.18. The van der Waals surface area contributed by atoms with Crippen LogP contribution in [0.2, 0.25) is 0 Å². The number of hydrogen-bond donors (Lipinski definition) is 0. The van der Waals surface area contributed by atoms with Crippen LogP contribution in [0.3, 0.4) is 0 Å². The van der Waals surface area contributed by atoms with Gasteiger partial charge in [-0.15, -0.1) is 0 Å². The Labute approximate surface area is 259 Å². The first-order valence-electron chi connectivity index (χ1n) is 14.9. The first-order chi connectivity index (χ1) is 21.2. The summed E-state index contributed by atoms with van der Waals surface area (Å²) in [5.41, 5.74) is 2.47. The Morgan fingerprint density at radius 1 is 1.02 bits per heavy atom. The van der Waals surface area contributed by atoms with Crippen molar-refractivity contribution in [3.05, 3.63) is 65.6 Å². The zero-order valence-electron chi connectivity index (χ0n) is 26.0. The predicted octanol–water partition coefficient (Wildman–Crippen LogP) is 5.69. The topological polar surface area (TPSA) is 122 Å². The molecule has 0 radical (unpaired) electrons. The molecule has 2 heterocycles. The molecule has 234 valence electrons. The van der Waals surface area contributed by atoms with Gasteiger partial charge >= 0.3 is 5.97 Å². The van der Waals surface area contributed by atoms with E-state index >= 15 is 0 Å². The van der Waals surface area contributed by atoms with Gasteiger partial charge in [-0.2, -0.15) is 5.26 Å². The minimum atomic E-state index is -0.483. The highest BCUT2D eigenvalue weighted by atomic mass is 16.6.